The molecule has 0 saturated heterocycles. The van der Waals surface area contributed by atoms with Crippen LogP contribution in [-0.2, 0) is 9.47 Å². The molecular weight excluding hydrogens is 434 g/mol. The number of rotatable bonds is 6. The van der Waals surface area contributed by atoms with Crippen LogP contribution in [0.2, 0.25) is 0 Å². The standard InChI is InChI=1S/C27H25NO6/c1-14-10-21(16(3)29)23(26(31)33-4)12-19(14)17-6-8-18(9-7-17)20-13-24(27(32)34-5)22(25(28)30)11-15(20)2/h6-13H,1-5H3,(H2,28,30). The third-order valence-electron chi connectivity index (χ3n) is 5.69. The molecular formula is C27H25NO6. The summed E-state index contributed by atoms with van der Waals surface area (Å²) in [6.07, 6.45) is 0. The number of carbonyl (C=O) groups excluding carboxylic acids is 4. The second-order valence-corrected chi connectivity index (χ2v) is 7.91. The molecule has 7 heteroatoms. The van der Waals surface area contributed by atoms with Crippen molar-refractivity contribution in [2.24, 2.45) is 5.73 Å². The fraction of sp³-hybridized carbons (Fsp3) is 0.185. The van der Waals surface area contributed by atoms with Crippen molar-refractivity contribution in [2.45, 2.75) is 20.8 Å². The van der Waals surface area contributed by atoms with Crippen molar-refractivity contribution in [1.82, 2.24) is 0 Å². The van der Waals surface area contributed by atoms with Crippen LogP contribution in [0, 0.1) is 13.8 Å². The van der Waals surface area contributed by atoms with E-state index in [1.807, 2.05) is 38.1 Å². The van der Waals surface area contributed by atoms with Gasteiger partial charge in [0.2, 0.25) is 5.91 Å². The Bertz CT molecular complexity index is 1220. The molecule has 0 unspecified atom stereocenters. The van der Waals surface area contributed by atoms with Crippen molar-refractivity contribution < 1.29 is 28.7 Å². The van der Waals surface area contributed by atoms with Gasteiger partial charge in [-0.05, 0) is 78.4 Å². The number of nitrogens with two attached hydrogens (primary N) is 1. The number of benzene rings is 3. The number of carbonyl (C=O) groups is 4. The first kappa shape index (κ1) is 24.4. The van der Waals surface area contributed by atoms with Crippen LogP contribution in [0.25, 0.3) is 22.3 Å². The minimum Gasteiger partial charge on any atom is -0.465 e. The molecule has 174 valence electrons. The van der Waals surface area contributed by atoms with E-state index in [4.69, 9.17) is 15.2 Å². The highest BCUT2D eigenvalue weighted by Gasteiger charge is 2.20. The Morgan fingerprint density at radius 3 is 1.38 bits per heavy atom. The Hall–Kier alpha value is -4.26. The highest BCUT2D eigenvalue weighted by Crippen LogP contribution is 2.32. The van der Waals surface area contributed by atoms with Gasteiger partial charge in [-0.25, -0.2) is 9.59 Å². The van der Waals surface area contributed by atoms with Gasteiger partial charge in [0.05, 0.1) is 30.9 Å². The molecule has 0 aliphatic carbocycles. The summed E-state index contributed by atoms with van der Waals surface area (Å²) in [5.74, 6) is -2.16. The molecule has 0 fully saturated rings. The van der Waals surface area contributed by atoms with Crippen molar-refractivity contribution in [3.8, 4) is 22.3 Å². The number of primary amides is 1. The van der Waals surface area contributed by atoms with E-state index in [-0.39, 0.29) is 22.5 Å². The molecule has 0 spiro atoms. The number of ketones is 1. The lowest BCUT2D eigenvalue weighted by Crippen LogP contribution is -2.17. The van der Waals surface area contributed by atoms with Crippen molar-refractivity contribution in [2.75, 3.05) is 14.2 Å². The van der Waals surface area contributed by atoms with Gasteiger partial charge < -0.3 is 15.2 Å². The first-order valence-electron chi connectivity index (χ1n) is 10.5. The summed E-state index contributed by atoms with van der Waals surface area (Å²) >= 11 is 0. The van der Waals surface area contributed by atoms with Crippen molar-refractivity contribution in [3.63, 3.8) is 0 Å². The van der Waals surface area contributed by atoms with Gasteiger partial charge in [-0.3, -0.25) is 9.59 Å². The second-order valence-electron chi connectivity index (χ2n) is 7.91. The molecule has 3 aromatic rings. The van der Waals surface area contributed by atoms with Gasteiger partial charge in [0.1, 0.15) is 0 Å². The van der Waals surface area contributed by atoms with Gasteiger partial charge in [-0.2, -0.15) is 0 Å². The van der Waals surface area contributed by atoms with E-state index < -0.39 is 17.8 Å². The lowest BCUT2D eigenvalue weighted by atomic mass is 9.90. The van der Waals surface area contributed by atoms with Crippen LogP contribution in [0.3, 0.4) is 0 Å². The predicted molar refractivity (Wildman–Crippen MR) is 128 cm³/mol. The number of aryl methyl sites for hydroxylation is 2. The van der Waals surface area contributed by atoms with E-state index in [1.54, 1.807) is 24.3 Å². The molecule has 0 aliphatic rings. The largest absolute Gasteiger partial charge is 0.465 e. The summed E-state index contributed by atoms with van der Waals surface area (Å²) in [6.45, 7) is 5.10. The maximum atomic E-state index is 12.3. The lowest BCUT2D eigenvalue weighted by molar-refractivity contribution is 0.0589. The van der Waals surface area contributed by atoms with E-state index in [9.17, 15) is 19.2 Å². The summed E-state index contributed by atoms with van der Waals surface area (Å²) in [5.41, 5.74) is 10.9. The molecule has 3 aromatic carbocycles. The van der Waals surface area contributed by atoms with Gasteiger partial charge >= 0.3 is 11.9 Å². The molecule has 3 rings (SSSR count). The molecule has 0 aromatic heterocycles. The highest BCUT2D eigenvalue weighted by atomic mass is 16.5. The third kappa shape index (κ3) is 4.59. The van der Waals surface area contributed by atoms with Crippen LogP contribution < -0.4 is 5.73 Å². The van der Waals surface area contributed by atoms with Gasteiger partial charge in [0.25, 0.3) is 0 Å². The zero-order valence-corrected chi connectivity index (χ0v) is 19.6. The molecule has 0 saturated carbocycles. The van der Waals surface area contributed by atoms with E-state index in [0.29, 0.717) is 5.56 Å². The Morgan fingerprint density at radius 2 is 1.03 bits per heavy atom. The number of amides is 1. The molecule has 0 atom stereocenters. The van der Waals surface area contributed by atoms with Crippen LogP contribution >= 0.6 is 0 Å². The Morgan fingerprint density at radius 1 is 0.647 bits per heavy atom. The quantitative estimate of drug-likeness (QED) is 0.429. The lowest BCUT2D eigenvalue weighted by Gasteiger charge is -2.14. The monoisotopic (exact) mass is 459 g/mol. The zero-order valence-electron chi connectivity index (χ0n) is 19.6. The molecule has 0 heterocycles. The molecule has 7 nitrogen and oxygen atoms in total. The number of Topliss-reactive ketones (excluding diaryl/α,β-unsaturated/α-hetero) is 1. The molecule has 0 bridgehead atoms. The Labute approximate surface area is 197 Å². The summed E-state index contributed by atoms with van der Waals surface area (Å²) in [6, 6.07) is 14.0. The average molecular weight is 459 g/mol. The predicted octanol–water partition coefficient (Wildman–Crippen LogP) is 4.51. The summed E-state index contributed by atoms with van der Waals surface area (Å²) in [4.78, 5) is 48.3. The zero-order chi connectivity index (χ0) is 25.2. The second kappa shape index (κ2) is 9.70. The number of esters is 2. The van der Waals surface area contributed by atoms with E-state index in [0.717, 1.165) is 33.4 Å². The SMILES string of the molecule is COC(=O)c1cc(-c2ccc(-c3cc(C(=O)OC)c(C(N)=O)cc3C)cc2)c(C)cc1C(C)=O. The van der Waals surface area contributed by atoms with Crippen LogP contribution in [0.15, 0.2) is 48.5 Å². The molecule has 1 amide bonds. The molecule has 2 N–H and O–H groups in total. The highest BCUT2D eigenvalue weighted by molar-refractivity contribution is 6.07. The normalized spacial score (nSPS) is 10.5. The van der Waals surface area contributed by atoms with Gasteiger partial charge in [-0.1, -0.05) is 24.3 Å². The smallest absolute Gasteiger partial charge is 0.338 e. The average Bonchev–Trinajstić information content (AvgIpc) is 2.82. The van der Waals surface area contributed by atoms with Gasteiger partial charge in [0.15, 0.2) is 5.78 Å². The summed E-state index contributed by atoms with van der Waals surface area (Å²) < 4.78 is 9.66. The van der Waals surface area contributed by atoms with Crippen LogP contribution in [-0.4, -0.2) is 37.8 Å². The molecule has 0 aliphatic heterocycles. The third-order valence-corrected chi connectivity index (χ3v) is 5.69. The molecule has 34 heavy (non-hydrogen) atoms. The van der Waals surface area contributed by atoms with E-state index in [1.165, 1.54) is 21.1 Å². The van der Waals surface area contributed by atoms with Crippen LogP contribution in [0.4, 0.5) is 0 Å². The first-order valence-corrected chi connectivity index (χ1v) is 10.5. The Kier molecular flexibility index (Phi) is 6.96. The van der Waals surface area contributed by atoms with Crippen molar-refractivity contribution in [3.05, 3.63) is 81.9 Å². The van der Waals surface area contributed by atoms with Crippen molar-refractivity contribution >= 4 is 23.6 Å². The maximum absolute atomic E-state index is 12.3. The Balaban J connectivity index is 2.10. The fourth-order valence-corrected chi connectivity index (χ4v) is 3.92. The summed E-state index contributed by atoms with van der Waals surface area (Å²) in [7, 11) is 2.51. The minimum absolute atomic E-state index is 0.0954. The van der Waals surface area contributed by atoms with Crippen molar-refractivity contribution in [1.29, 1.82) is 0 Å². The van der Waals surface area contributed by atoms with E-state index in [2.05, 4.69) is 0 Å². The number of methoxy groups -OCH3 is 2. The van der Waals surface area contributed by atoms with Crippen LogP contribution in [0.5, 0.6) is 0 Å². The first-order chi connectivity index (χ1) is 16.1. The summed E-state index contributed by atoms with van der Waals surface area (Å²) in [5, 5.41) is 0. The number of hydrogen-bond donors (Lipinski definition) is 1. The number of ether oxygens (including phenoxy) is 2. The topological polar surface area (TPSA) is 113 Å². The van der Waals surface area contributed by atoms with Gasteiger partial charge in [0, 0.05) is 5.56 Å². The van der Waals surface area contributed by atoms with Crippen LogP contribution in [0.1, 0.15) is 59.5 Å². The maximum Gasteiger partial charge on any atom is 0.338 e. The van der Waals surface area contributed by atoms with Gasteiger partial charge in [-0.15, -0.1) is 0 Å². The molecule has 0 radical (unpaired) electrons. The minimum atomic E-state index is -0.712. The number of hydrogen-bond acceptors (Lipinski definition) is 6. The van der Waals surface area contributed by atoms with E-state index >= 15 is 0 Å². The fourth-order valence-electron chi connectivity index (χ4n) is 3.92.